The van der Waals surface area contributed by atoms with Crippen LogP contribution in [0.1, 0.15) is 25.3 Å². The highest BCUT2D eigenvalue weighted by molar-refractivity contribution is 7.89. The summed E-state index contributed by atoms with van der Waals surface area (Å²) in [5.74, 6) is 0.349. The van der Waals surface area contributed by atoms with Crippen molar-refractivity contribution in [3.05, 3.63) is 29.6 Å². The van der Waals surface area contributed by atoms with Crippen LogP contribution >= 0.6 is 0 Å². The van der Waals surface area contributed by atoms with E-state index in [9.17, 15) is 12.8 Å². The molecule has 1 aliphatic rings. The maximum atomic E-state index is 13.2. The molecule has 0 saturated heterocycles. The lowest BCUT2D eigenvalue weighted by Gasteiger charge is -2.14. The highest BCUT2D eigenvalue weighted by Crippen LogP contribution is 2.36. The van der Waals surface area contributed by atoms with Crippen molar-refractivity contribution in [1.29, 1.82) is 0 Å². The zero-order valence-corrected chi connectivity index (χ0v) is 11.7. The first kappa shape index (κ1) is 14.4. The van der Waals surface area contributed by atoms with E-state index in [-0.39, 0.29) is 11.4 Å². The molecule has 1 aromatic carbocycles. The number of halogens is 1. The molecule has 2 rings (SSSR count). The molecule has 0 aliphatic heterocycles. The lowest BCUT2D eigenvalue weighted by atomic mass is 10.1. The van der Waals surface area contributed by atoms with Gasteiger partial charge in [0.25, 0.3) is 0 Å². The van der Waals surface area contributed by atoms with Gasteiger partial charge >= 0.3 is 0 Å². The van der Waals surface area contributed by atoms with Crippen molar-refractivity contribution in [1.82, 2.24) is 4.72 Å². The second-order valence-electron chi connectivity index (χ2n) is 5.12. The number of benzene rings is 1. The summed E-state index contributed by atoms with van der Waals surface area (Å²) >= 11 is 0. The molecule has 1 atom stereocenters. The van der Waals surface area contributed by atoms with E-state index in [2.05, 4.69) is 4.72 Å². The molecule has 0 bridgehead atoms. The van der Waals surface area contributed by atoms with Crippen molar-refractivity contribution in [3.8, 4) is 0 Å². The van der Waals surface area contributed by atoms with Gasteiger partial charge < -0.3 is 5.73 Å². The SMILES string of the molecule is CC(CNS(=O)(=O)c1cc(F)ccc1CN)C1CC1. The Bertz CT molecular complexity index is 556. The van der Waals surface area contributed by atoms with Crippen molar-refractivity contribution in [2.45, 2.75) is 31.2 Å². The van der Waals surface area contributed by atoms with E-state index < -0.39 is 15.8 Å². The van der Waals surface area contributed by atoms with Crippen LogP contribution in [-0.2, 0) is 16.6 Å². The molecule has 1 unspecified atom stereocenters. The van der Waals surface area contributed by atoms with Crippen LogP contribution in [0.4, 0.5) is 4.39 Å². The van der Waals surface area contributed by atoms with E-state index in [4.69, 9.17) is 5.73 Å². The van der Waals surface area contributed by atoms with Crippen molar-refractivity contribution in [2.75, 3.05) is 6.54 Å². The summed E-state index contributed by atoms with van der Waals surface area (Å²) in [4.78, 5) is -0.0574. The van der Waals surface area contributed by atoms with Crippen LogP contribution in [0.15, 0.2) is 23.1 Å². The number of hydrogen-bond donors (Lipinski definition) is 2. The Kier molecular flexibility index (Phi) is 4.23. The number of hydrogen-bond acceptors (Lipinski definition) is 3. The van der Waals surface area contributed by atoms with Crippen LogP contribution < -0.4 is 10.5 Å². The van der Waals surface area contributed by atoms with Gasteiger partial charge in [-0.1, -0.05) is 13.0 Å². The van der Waals surface area contributed by atoms with E-state index in [1.807, 2.05) is 6.92 Å². The molecule has 1 fully saturated rings. The first-order valence-corrected chi connectivity index (χ1v) is 7.90. The summed E-state index contributed by atoms with van der Waals surface area (Å²) < 4.78 is 40.1. The average molecular weight is 286 g/mol. The zero-order valence-electron chi connectivity index (χ0n) is 10.9. The van der Waals surface area contributed by atoms with E-state index >= 15 is 0 Å². The molecule has 0 spiro atoms. The number of sulfonamides is 1. The van der Waals surface area contributed by atoms with Crippen LogP contribution in [0.2, 0.25) is 0 Å². The molecule has 106 valence electrons. The van der Waals surface area contributed by atoms with Gasteiger partial charge in [0, 0.05) is 13.1 Å². The number of nitrogens with two attached hydrogens (primary N) is 1. The van der Waals surface area contributed by atoms with Gasteiger partial charge in [-0.25, -0.2) is 17.5 Å². The Morgan fingerprint density at radius 3 is 2.74 bits per heavy atom. The summed E-state index contributed by atoms with van der Waals surface area (Å²) in [5.41, 5.74) is 5.92. The first-order chi connectivity index (χ1) is 8.94. The van der Waals surface area contributed by atoms with Crippen molar-refractivity contribution in [2.24, 2.45) is 17.6 Å². The molecule has 0 heterocycles. The predicted octanol–water partition coefficient (Wildman–Crippen LogP) is 1.61. The van der Waals surface area contributed by atoms with Crippen molar-refractivity contribution in [3.63, 3.8) is 0 Å². The minimum atomic E-state index is -3.70. The van der Waals surface area contributed by atoms with Crippen LogP contribution in [-0.4, -0.2) is 15.0 Å². The Labute approximate surface area is 113 Å². The molecule has 3 N–H and O–H groups in total. The number of rotatable bonds is 6. The molecular formula is C13H19FN2O2S. The quantitative estimate of drug-likeness (QED) is 0.834. The Morgan fingerprint density at radius 1 is 1.47 bits per heavy atom. The zero-order chi connectivity index (χ0) is 14.0. The minimum absolute atomic E-state index is 0.0574. The fourth-order valence-corrected chi connectivity index (χ4v) is 3.50. The van der Waals surface area contributed by atoms with E-state index in [1.54, 1.807) is 0 Å². The third-order valence-corrected chi connectivity index (χ3v) is 5.07. The van der Waals surface area contributed by atoms with Gasteiger partial charge in [0.1, 0.15) is 5.82 Å². The lowest BCUT2D eigenvalue weighted by Crippen LogP contribution is -2.30. The fourth-order valence-electron chi connectivity index (χ4n) is 2.10. The largest absolute Gasteiger partial charge is 0.326 e. The minimum Gasteiger partial charge on any atom is -0.326 e. The van der Waals surface area contributed by atoms with Crippen LogP contribution in [0.5, 0.6) is 0 Å². The van der Waals surface area contributed by atoms with Gasteiger partial charge in [-0.05, 0) is 42.4 Å². The van der Waals surface area contributed by atoms with E-state index in [0.717, 1.165) is 18.9 Å². The van der Waals surface area contributed by atoms with Gasteiger partial charge in [-0.15, -0.1) is 0 Å². The molecule has 4 nitrogen and oxygen atoms in total. The average Bonchev–Trinajstić information content (AvgIpc) is 3.20. The van der Waals surface area contributed by atoms with Crippen LogP contribution in [0.25, 0.3) is 0 Å². The third-order valence-electron chi connectivity index (χ3n) is 3.56. The normalized spacial score (nSPS) is 17.4. The van der Waals surface area contributed by atoms with Gasteiger partial charge in [0.15, 0.2) is 0 Å². The molecule has 6 heteroatoms. The molecule has 1 saturated carbocycles. The smallest absolute Gasteiger partial charge is 0.241 e. The van der Waals surface area contributed by atoms with Crippen LogP contribution in [0, 0.1) is 17.7 Å². The Balaban J connectivity index is 2.15. The molecule has 1 aliphatic carbocycles. The first-order valence-electron chi connectivity index (χ1n) is 6.42. The molecule has 19 heavy (non-hydrogen) atoms. The Morgan fingerprint density at radius 2 is 2.16 bits per heavy atom. The summed E-state index contributed by atoms with van der Waals surface area (Å²) in [5, 5.41) is 0. The van der Waals surface area contributed by atoms with E-state index in [0.29, 0.717) is 23.9 Å². The predicted molar refractivity (Wildman–Crippen MR) is 71.4 cm³/mol. The van der Waals surface area contributed by atoms with Gasteiger partial charge in [-0.3, -0.25) is 0 Å². The van der Waals surface area contributed by atoms with Crippen molar-refractivity contribution < 1.29 is 12.8 Å². The van der Waals surface area contributed by atoms with Gasteiger partial charge in [0.2, 0.25) is 10.0 Å². The highest BCUT2D eigenvalue weighted by atomic mass is 32.2. The monoisotopic (exact) mass is 286 g/mol. The summed E-state index contributed by atoms with van der Waals surface area (Å²) in [6, 6.07) is 3.65. The molecule has 0 amide bonds. The topological polar surface area (TPSA) is 72.2 Å². The van der Waals surface area contributed by atoms with Gasteiger partial charge in [0.05, 0.1) is 4.90 Å². The standard InChI is InChI=1S/C13H19FN2O2S/c1-9(10-2-3-10)8-16-19(17,18)13-6-12(14)5-4-11(13)7-15/h4-6,9-10,16H,2-3,7-8,15H2,1H3. The maximum absolute atomic E-state index is 13.2. The third kappa shape index (κ3) is 3.52. The Hall–Kier alpha value is -0.980. The number of nitrogens with one attached hydrogen (secondary N) is 1. The highest BCUT2D eigenvalue weighted by Gasteiger charge is 2.29. The fraction of sp³-hybridized carbons (Fsp3) is 0.538. The second kappa shape index (κ2) is 5.56. The summed E-state index contributed by atoms with van der Waals surface area (Å²) in [6.07, 6.45) is 2.33. The second-order valence-corrected chi connectivity index (χ2v) is 6.86. The van der Waals surface area contributed by atoms with Gasteiger partial charge in [-0.2, -0.15) is 0 Å². The molecular weight excluding hydrogens is 267 g/mol. The summed E-state index contributed by atoms with van der Waals surface area (Å²) in [6.45, 7) is 2.47. The van der Waals surface area contributed by atoms with Crippen LogP contribution in [0.3, 0.4) is 0 Å². The summed E-state index contributed by atoms with van der Waals surface area (Å²) in [7, 11) is -3.70. The molecule has 0 radical (unpaired) electrons. The van der Waals surface area contributed by atoms with E-state index in [1.165, 1.54) is 12.1 Å². The van der Waals surface area contributed by atoms with Crippen molar-refractivity contribution >= 4 is 10.0 Å². The molecule has 1 aromatic rings. The maximum Gasteiger partial charge on any atom is 0.241 e. The molecule has 0 aromatic heterocycles. The lowest BCUT2D eigenvalue weighted by molar-refractivity contribution is 0.491.